The quantitative estimate of drug-likeness (QED) is 0.291. The first-order valence-corrected chi connectivity index (χ1v) is 10.9. The lowest BCUT2D eigenvalue weighted by atomic mass is 10.1. The van der Waals surface area contributed by atoms with E-state index in [-0.39, 0.29) is 74.0 Å². The molecule has 0 aromatic heterocycles. The highest BCUT2D eigenvalue weighted by molar-refractivity contribution is 14.0. The number of halogens is 4. The van der Waals surface area contributed by atoms with Crippen LogP contribution in [0.4, 0.5) is 13.2 Å². The smallest absolute Gasteiger partial charge is 0.355 e. The fourth-order valence-corrected chi connectivity index (χ4v) is 3.93. The van der Waals surface area contributed by atoms with E-state index in [9.17, 15) is 30.0 Å². The molecule has 14 heteroatoms. The van der Waals surface area contributed by atoms with E-state index in [0.29, 0.717) is 10.3 Å². The number of sulfonamides is 1. The maximum atomic E-state index is 12.5. The van der Waals surface area contributed by atoms with Crippen LogP contribution < -0.4 is 10.6 Å². The maximum Gasteiger partial charge on any atom is 0.511 e. The van der Waals surface area contributed by atoms with Crippen LogP contribution in [0.15, 0.2) is 4.99 Å². The fourth-order valence-electron chi connectivity index (χ4n) is 2.24. The number of hydrogen-bond acceptors (Lipinski definition) is 5. The second kappa shape index (κ2) is 10.3. The van der Waals surface area contributed by atoms with Crippen molar-refractivity contribution in [1.82, 2.24) is 14.9 Å². The van der Waals surface area contributed by atoms with Crippen LogP contribution >= 0.6 is 24.0 Å². The van der Waals surface area contributed by atoms with E-state index in [1.165, 1.54) is 7.05 Å². The Kier molecular flexibility index (Phi) is 10.1. The predicted octanol–water partition coefficient (Wildman–Crippen LogP) is 0.518. The lowest BCUT2D eigenvalue weighted by Crippen LogP contribution is -2.52. The third kappa shape index (κ3) is 7.34. The van der Waals surface area contributed by atoms with Crippen LogP contribution in [0.1, 0.15) is 19.8 Å². The molecule has 2 N–H and O–H groups in total. The normalized spacial score (nSPS) is 18.3. The Morgan fingerprint density at radius 1 is 1.19 bits per heavy atom. The molecule has 1 fully saturated rings. The molecule has 1 rings (SSSR count). The molecule has 1 saturated heterocycles. The summed E-state index contributed by atoms with van der Waals surface area (Å²) in [5, 5.41) is 5.78. The monoisotopic (exact) mass is 536 g/mol. The molecule has 1 aliphatic heterocycles. The number of sulfone groups is 1. The Hall–Kier alpha value is -0.350. The van der Waals surface area contributed by atoms with E-state index in [0.717, 1.165) is 0 Å². The Morgan fingerprint density at radius 3 is 2.15 bits per heavy atom. The molecule has 156 valence electrons. The van der Waals surface area contributed by atoms with Crippen molar-refractivity contribution in [2.45, 2.75) is 31.3 Å². The second-order valence-corrected chi connectivity index (χ2v) is 9.91. The van der Waals surface area contributed by atoms with Gasteiger partial charge in [-0.1, -0.05) is 6.92 Å². The highest BCUT2D eigenvalue weighted by atomic mass is 127. The molecule has 0 unspecified atom stereocenters. The minimum Gasteiger partial charge on any atom is -0.355 e. The number of nitrogens with zero attached hydrogens (tertiary/aromatic N) is 2. The molecular formula is C12H24F3IN4O4S2. The van der Waals surface area contributed by atoms with Crippen molar-refractivity contribution in [3.8, 4) is 0 Å². The third-order valence-electron chi connectivity index (χ3n) is 3.80. The van der Waals surface area contributed by atoms with Gasteiger partial charge in [-0.05, 0) is 12.8 Å². The number of guanidine groups is 1. The summed E-state index contributed by atoms with van der Waals surface area (Å²) in [4.78, 5) is 3.92. The van der Waals surface area contributed by atoms with Gasteiger partial charge in [-0.15, -0.1) is 24.0 Å². The van der Waals surface area contributed by atoms with Crippen molar-refractivity contribution in [2.24, 2.45) is 4.99 Å². The summed E-state index contributed by atoms with van der Waals surface area (Å²) in [5.74, 6) is 0.294. The van der Waals surface area contributed by atoms with Crippen LogP contribution in [0.5, 0.6) is 0 Å². The highest BCUT2D eigenvalue weighted by Crippen LogP contribution is 2.28. The minimum atomic E-state index is -5.30. The van der Waals surface area contributed by atoms with Gasteiger partial charge in [0.05, 0.1) is 5.75 Å². The highest BCUT2D eigenvalue weighted by Gasteiger charge is 2.50. The Bertz CT molecular complexity index is 675. The number of hydrogen-bond donors (Lipinski definition) is 2. The van der Waals surface area contributed by atoms with Gasteiger partial charge in [0.1, 0.15) is 0 Å². The van der Waals surface area contributed by atoms with Crippen LogP contribution in [0.2, 0.25) is 0 Å². The van der Waals surface area contributed by atoms with E-state index < -0.39 is 25.4 Å². The molecule has 1 heterocycles. The minimum absolute atomic E-state index is 0. The molecule has 0 aliphatic carbocycles. The van der Waals surface area contributed by atoms with E-state index in [1.807, 2.05) is 0 Å². The zero-order valence-electron chi connectivity index (χ0n) is 14.4. The Balaban J connectivity index is 0.00000625. The topological polar surface area (TPSA) is 108 Å². The van der Waals surface area contributed by atoms with E-state index in [1.54, 1.807) is 6.92 Å². The predicted molar refractivity (Wildman–Crippen MR) is 104 cm³/mol. The van der Waals surface area contributed by atoms with Gasteiger partial charge in [0, 0.05) is 38.5 Å². The van der Waals surface area contributed by atoms with E-state index in [2.05, 4.69) is 15.6 Å². The van der Waals surface area contributed by atoms with Gasteiger partial charge >= 0.3 is 15.5 Å². The molecule has 0 aromatic rings. The third-order valence-corrected chi connectivity index (χ3v) is 7.13. The van der Waals surface area contributed by atoms with Gasteiger partial charge in [0.15, 0.2) is 15.8 Å². The molecular weight excluding hydrogens is 512 g/mol. The van der Waals surface area contributed by atoms with Crippen molar-refractivity contribution in [3.05, 3.63) is 0 Å². The van der Waals surface area contributed by atoms with Gasteiger partial charge in [0.2, 0.25) is 0 Å². The van der Waals surface area contributed by atoms with E-state index >= 15 is 0 Å². The van der Waals surface area contributed by atoms with Gasteiger partial charge in [0.25, 0.3) is 0 Å². The van der Waals surface area contributed by atoms with Crippen LogP contribution in [0, 0.1) is 0 Å². The number of rotatable bonds is 6. The van der Waals surface area contributed by atoms with Crippen LogP contribution in [0.25, 0.3) is 0 Å². The molecule has 0 radical (unpaired) electrons. The van der Waals surface area contributed by atoms with Gasteiger partial charge in [-0.25, -0.2) is 16.8 Å². The Morgan fingerprint density at radius 2 is 1.73 bits per heavy atom. The number of piperidine rings is 1. The summed E-state index contributed by atoms with van der Waals surface area (Å²) in [5.41, 5.74) is -5.30. The zero-order chi connectivity index (χ0) is 19.3. The summed E-state index contributed by atoms with van der Waals surface area (Å²) in [6.07, 6.45) is 0.368. The molecule has 0 bridgehead atoms. The first-order chi connectivity index (χ1) is 11.4. The largest absolute Gasteiger partial charge is 0.511 e. The SMILES string of the molecule is CCS(=O)(=O)CCNC(=NC)NC1CCN(S(=O)(=O)C(F)(F)F)CC1.I. The van der Waals surface area contributed by atoms with Crippen molar-refractivity contribution in [1.29, 1.82) is 0 Å². The zero-order valence-corrected chi connectivity index (χ0v) is 18.4. The van der Waals surface area contributed by atoms with Crippen molar-refractivity contribution < 1.29 is 30.0 Å². The first kappa shape index (κ1) is 25.6. The summed E-state index contributed by atoms with van der Waals surface area (Å²) >= 11 is 0. The summed E-state index contributed by atoms with van der Waals surface area (Å²) in [6.45, 7) is 1.20. The molecule has 1 aliphatic rings. The van der Waals surface area contributed by atoms with Crippen molar-refractivity contribution in [2.75, 3.05) is 38.2 Å². The first-order valence-electron chi connectivity index (χ1n) is 7.67. The molecule has 0 atom stereocenters. The lowest BCUT2D eigenvalue weighted by Gasteiger charge is -2.32. The van der Waals surface area contributed by atoms with Crippen LogP contribution in [-0.4, -0.2) is 76.8 Å². The molecule has 0 saturated carbocycles. The standard InChI is InChI=1S/C12H23F3N4O4S2.HI/c1-3-24(20,21)9-6-17-11(16-2)18-10-4-7-19(8-5-10)25(22,23)12(13,14)15;/h10H,3-9H2,1-2H3,(H2,16,17,18);1H. The molecule has 0 aromatic carbocycles. The number of nitrogens with one attached hydrogen (secondary N) is 2. The summed E-state index contributed by atoms with van der Waals surface area (Å²) in [6, 6.07) is -0.256. The summed E-state index contributed by atoms with van der Waals surface area (Å²) < 4.78 is 83.5. The lowest BCUT2D eigenvalue weighted by molar-refractivity contribution is -0.0494. The average Bonchev–Trinajstić information content (AvgIpc) is 2.53. The average molecular weight is 536 g/mol. The molecule has 26 heavy (non-hydrogen) atoms. The maximum absolute atomic E-state index is 12.5. The van der Waals surface area contributed by atoms with Gasteiger partial charge < -0.3 is 10.6 Å². The van der Waals surface area contributed by atoms with Crippen molar-refractivity contribution >= 4 is 49.8 Å². The summed E-state index contributed by atoms with van der Waals surface area (Å²) in [7, 11) is -6.94. The number of alkyl halides is 3. The molecule has 0 amide bonds. The fraction of sp³-hybridized carbons (Fsp3) is 0.917. The number of aliphatic imine (C=N–C) groups is 1. The van der Waals surface area contributed by atoms with Crippen LogP contribution in [0.3, 0.4) is 0 Å². The molecule has 8 nitrogen and oxygen atoms in total. The van der Waals surface area contributed by atoms with Gasteiger partial charge in [-0.3, -0.25) is 4.99 Å². The second-order valence-electron chi connectivity index (χ2n) is 5.50. The van der Waals surface area contributed by atoms with Gasteiger partial charge in [-0.2, -0.15) is 17.5 Å². The van der Waals surface area contributed by atoms with Crippen LogP contribution in [-0.2, 0) is 19.9 Å². The van der Waals surface area contributed by atoms with Crippen molar-refractivity contribution in [3.63, 3.8) is 0 Å². The Labute approximate surface area is 169 Å². The molecule has 0 spiro atoms. The van der Waals surface area contributed by atoms with E-state index in [4.69, 9.17) is 0 Å².